The Balaban J connectivity index is 2.01. The zero-order chi connectivity index (χ0) is 21.0. The minimum absolute atomic E-state index is 0.0429. The fraction of sp³-hybridized carbons (Fsp3) is 0.375. The number of benzene rings is 1. The quantitative estimate of drug-likeness (QED) is 0.571. The van der Waals surface area contributed by atoms with E-state index in [0.717, 1.165) is 27.9 Å². The average molecular weight is 391 g/mol. The molecule has 29 heavy (non-hydrogen) atoms. The van der Waals surface area contributed by atoms with Gasteiger partial charge in [-0.1, -0.05) is 12.0 Å². The molecule has 0 N–H and O–H groups in total. The summed E-state index contributed by atoms with van der Waals surface area (Å²) in [6.07, 6.45) is 1.19. The van der Waals surface area contributed by atoms with Crippen molar-refractivity contribution in [2.24, 2.45) is 0 Å². The molecule has 2 aromatic rings. The second-order valence-corrected chi connectivity index (χ2v) is 7.34. The first-order chi connectivity index (χ1) is 13.9. The number of aromatic nitrogens is 1. The molecule has 1 aliphatic rings. The van der Waals surface area contributed by atoms with E-state index in [4.69, 9.17) is 9.47 Å². The smallest absolute Gasteiger partial charge is 0.438 e. The van der Waals surface area contributed by atoms with E-state index in [2.05, 4.69) is 16.8 Å². The van der Waals surface area contributed by atoms with Crippen LogP contribution >= 0.6 is 0 Å². The Labute approximate surface area is 171 Å². The van der Waals surface area contributed by atoms with Crippen LogP contribution in [-0.4, -0.2) is 30.1 Å². The molecule has 150 valence electrons. The van der Waals surface area contributed by atoms with Gasteiger partial charge in [-0.15, -0.1) is 5.92 Å². The third-order valence-corrected chi connectivity index (χ3v) is 5.38. The first kappa shape index (κ1) is 20.6. The second kappa shape index (κ2) is 8.91. The zero-order valence-corrected chi connectivity index (χ0v) is 17.2. The number of ketones is 1. The van der Waals surface area contributed by atoms with Crippen LogP contribution in [0.5, 0.6) is 0 Å². The van der Waals surface area contributed by atoms with Crippen molar-refractivity contribution in [2.45, 2.75) is 51.6 Å². The topological polar surface area (TPSA) is 65.5 Å². The van der Waals surface area contributed by atoms with Gasteiger partial charge in [0.15, 0.2) is 0 Å². The highest BCUT2D eigenvalue weighted by Gasteiger charge is 2.42. The maximum atomic E-state index is 13.3. The maximum absolute atomic E-state index is 13.3. The lowest BCUT2D eigenvalue weighted by Crippen LogP contribution is -2.38. The van der Waals surface area contributed by atoms with Gasteiger partial charge in [0.25, 0.3) is 0 Å². The summed E-state index contributed by atoms with van der Waals surface area (Å²) >= 11 is 0. The van der Waals surface area contributed by atoms with E-state index < -0.39 is 18.2 Å². The second-order valence-electron chi connectivity index (χ2n) is 7.34. The summed E-state index contributed by atoms with van der Waals surface area (Å²) in [7, 11) is 1.27. The Kier molecular flexibility index (Phi) is 6.33. The fourth-order valence-corrected chi connectivity index (χ4v) is 4.24. The minimum atomic E-state index is -0.779. The van der Waals surface area contributed by atoms with Crippen LogP contribution in [0.4, 0.5) is 4.79 Å². The van der Waals surface area contributed by atoms with Crippen molar-refractivity contribution < 1.29 is 19.1 Å². The van der Waals surface area contributed by atoms with Gasteiger partial charge in [-0.05, 0) is 68.1 Å². The molecule has 1 aromatic carbocycles. The largest absolute Gasteiger partial charge is 0.508 e. The zero-order valence-electron chi connectivity index (χ0n) is 17.2. The summed E-state index contributed by atoms with van der Waals surface area (Å²) in [5.74, 6) is 5.38. The molecular formula is C24H25NO4. The van der Waals surface area contributed by atoms with Crippen LogP contribution in [0.25, 0.3) is 0 Å². The summed E-state index contributed by atoms with van der Waals surface area (Å²) in [6.45, 7) is 5.73. The number of carbonyl (C=O) groups is 2. The molecule has 0 saturated heterocycles. The van der Waals surface area contributed by atoms with Crippen LogP contribution in [0.15, 0.2) is 36.5 Å². The van der Waals surface area contributed by atoms with Gasteiger partial charge in [0, 0.05) is 29.8 Å². The van der Waals surface area contributed by atoms with Gasteiger partial charge in [0.05, 0.1) is 13.0 Å². The number of aryl methyl sites for hydroxylation is 2. The predicted molar refractivity (Wildman–Crippen MR) is 110 cm³/mol. The lowest BCUT2D eigenvalue weighted by Gasteiger charge is -2.35. The standard InChI is InChI=1S/C24H25NO4/c1-5-8-17-11-15(2)22(16(3)12-17)23-20(26)13-18(19-9-6-7-10-25-19)14-21(23)29-24(27)28-4/h6-7,9-12,18,21,23H,13-14H2,1-4H3. The third kappa shape index (κ3) is 4.48. The number of rotatable bonds is 3. The number of hydrogen-bond acceptors (Lipinski definition) is 5. The summed E-state index contributed by atoms with van der Waals surface area (Å²) < 4.78 is 10.3. The number of hydrogen-bond donors (Lipinski definition) is 0. The molecule has 3 rings (SSSR count). The third-order valence-electron chi connectivity index (χ3n) is 5.38. The first-order valence-electron chi connectivity index (χ1n) is 9.66. The van der Waals surface area contributed by atoms with Gasteiger partial charge in [0.1, 0.15) is 11.9 Å². The van der Waals surface area contributed by atoms with Gasteiger partial charge in [-0.3, -0.25) is 9.78 Å². The molecule has 3 unspecified atom stereocenters. The highest BCUT2D eigenvalue weighted by atomic mass is 16.7. The van der Waals surface area contributed by atoms with E-state index in [-0.39, 0.29) is 11.7 Å². The minimum Gasteiger partial charge on any atom is -0.438 e. The molecule has 1 aromatic heterocycles. The Bertz CT molecular complexity index is 948. The van der Waals surface area contributed by atoms with E-state index in [1.165, 1.54) is 7.11 Å². The SMILES string of the molecule is CC#Cc1cc(C)c(C2C(=O)CC(c3ccccn3)CC2OC(=O)OC)c(C)c1. The molecule has 0 bridgehead atoms. The van der Waals surface area contributed by atoms with E-state index in [1.54, 1.807) is 13.1 Å². The van der Waals surface area contributed by atoms with Gasteiger partial charge in [-0.25, -0.2) is 4.79 Å². The molecule has 3 atom stereocenters. The molecule has 1 aliphatic carbocycles. The van der Waals surface area contributed by atoms with Crippen LogP contribution in [0.2, 0.25) is 0 Å². The molecule has 5 nitrogen and oxygen atoms in total. The molecule has 5 heteroatoms. The number of nitrogens with zero attached hydrogens (tertiary/aromatic N) is 1. The number of methoxy groups -OCH3 is 1. The first-order valence-corrected chi connectivity index (χ1v) is 9.66. The summed E-state index contributed by atoms with van der Waals surface area (Å²) in [5.41, 5.74) is 4.59. The van der Waals surface area contributed by atoms with Crippen molar-refractivity contribution in [3.63, 3.8) is 0 Å². The number of carbonyl (C=O) groups excluding carboxylic acids is 2. The lowest BCUT2D eigenvalue weighted by atomic mass is 9.72. The van der Waals surface area contributed by atoms with Crippen molar-refractivity contribution in [2.75, 3.05) is 7.11 Å². The molecule has 0 aliphatic heterocycles. The lowest BCUT2D eigenvalue weighted by molar-refractivity contribution is -0.126. The van der Waals surface area contributed by atoms with Crippen LogP contribution in [0, 0.1) is 25.7 Å². The summed E-state index contributed by atoms with van der Waals surface area (Å²) in [6, 6.07) is 9.60. The Morgan fingerprint density at radius 2 is 1.93 bits per heavy atom. The van der Waals surface area contributed by atoms with Crippen molar-refractivity contribution in [3.05, 3.63) is 64.5 Å². The van der Waals surface area contributed by atoms with E-state index in [0.29, 0.717) is 12.8 Å². The number of pyridine rings is 1. The Hall–Kier alpha value is -3.13. The molecule has 0 spiro atoms. The van der Waals surface area contributed by atoms with Crippen molar-refractivity contribution in [1.82, 2.24) is 4.98 Å². The van der Waals surface area contributed by atoms with Gasteiger partial charge >= 0.3 is 6.16 Å². The normalized spacial score (nSPS) is 21.1. The Morgan fingerprint density at radius 3 is 2.52 bits per heavy atom. The van der Waals surface area contributed by atoms with Gasteiger partial charge in [-0.2, -0.15) is 0 Å². The van der Waals surface area contributed by atoms with Crippen molar-refractivity contribution in [3.8, 4) is 11.8 Å². The highest BCUT2D eigenvalue weighted by Crippen LogP contribution is 2.41. The monoisotopic (exact) mass is 391 g/mol. The number of Topliss-reactive ketones (excluding diaryl/α,β-unsaturated/α-hetero) is 1. The van der Waals surface area contributed by atoms with E-state index in [1.807, 2.05) is 44.2 Å². The van der Waals surface area contributed by atoms with Crippen LogP contribution < -0.4 is 0 Å². The van der Waals surface area contributed by atoms with Gasteiger partial charge < -0.3 is 9.47 Å². The molecular weight excluding hydrogens is 366 g/mol. The molecule has 1 fully saturated rings. The molecule has 1 heterocycles. The number of ether oxygens (including phenoxy) is 2. The molecule has 0 amide bonds. The molecule has 1 saturated carbocycles. The summed E-state index contributed by atoms with van der Waals surface area (Å²) in [4.78, 5) is 29.6. The van der Waals surface area contributed by atoms with Gasteiger partial charge in [0.2, 0.25) is 0 Å². The van der Waals surface area contributed by atoms with E-state index >= 15 is 0 Å². The van der Waals surface area contributed by atoms with Crippen molar-refractivity contribution >= 4 is 11.9 Å². The van der Waals surface area contributed by atoms with Crippen LogP contribution in [-0.2, 0) is 14.3 Å². The Morgan fingerprint density at radius 1 is 1.21 bits per heavy atom. The fourth-order valence-electron chi connectivity index (χ4n) is 4.24. The predicted octanol–water partition coefficient (Wildman–Crippen LogP) is 4.45. The maximum Gasteiger partial charge on any atom is 0.508 e. The average Bonchev–Trinajstić information content (AvgIpc) is 2.70. The highest BCUT2D eigenvalue weighted by molar-refractivity contribution is 5.89. The van der Waals surface area contributed by atoms with Crippen LogP contribution in [0.1, 0.15) is 59.5 Å². The van der Waals surface area contributed by atoms with Crippen LogP contribution in [0.3, 0.4) is 0 Å². The summed E-state index contributed by atoms with van der Waals surface area (Å²) in [5, 5.41) is 0. The molecule has 0 radical (unpaired) electrons. The van der Waals surface area contributed by atoms with Crippen molar-refractivity contribution in [1.29, 1.82) is 0 Å². The van der Waals surface area contributed by atoms with E-state index in [9.17, 15) is 9.59 Å².